The number of halogens is 3. The molecule has 1 fully saturated rings. The summed E-state index contributed by atoms with van der Waals surface area (Å²) in [4.78, 5) is 11.7. The van der Waals surface area contributed by atoms with E-state index in [4.69, 9.17) is 4.74 Å². The maximum Gasteiger partial charge on any atom is 0.411 e. The van der Waals surface area contributed by atoms with Crippen molar-refractivity contribution in [1.82, 2.24) is 0 Å². The van der Waals surface area contributed by atoms with E-state index in [0.29, 0.717) is 18.2 Å². The molecular formula is C18H24F3NO3. The Hall–Kier alpha value is -1.76. The first-order valence-corrected chi connectivity index (χ1v) is 8.59. The molecule has 1 amide bonds. The Morgan fingerprint density at radius 3 is 2.44 bits per heavy atom. The van der Waals surface area contributed by atoms with Crippen LogP contribution in [0.3, 0.4) is 0 Å². The summed E-state index contributed by atoms with van der Waals surface area (Å²) < 4.78 is 45.9. The quantitative estimate of drug-likeness (QED) is 0.693. The Balaban J connectivity index is 1.66. The fourth-order valence-electron chi connectivity index (χ4n) is 2.78. The van der Waals surface area contributed by atoms with E-state index in [1.807, 2.05) is 0 Å². The number of ether oxygens (including phenoxy) is 2. The van der Waals surface area contributed by atoms with Crippen molar-refractivity contribution < 1.29 is 27.4 Å². The molecule has 2 rings (SSSR count). The zero-order valence-corrected chi connectivity index (χ0v) is 14.1. The van der Waals surface area contributed by atoms with Gasteiger partial charge in [0.05, 0.1) is 19.6 Å². The highest BCUT2D eigenvalue weighted by Crippen LogP contribution is 2.25. The third-order valence-electron chi connectivity index (χ3n) is 4.09. The van der Waals surface area contributed by atoms with E-state index in [9.17, 15) is 18.0 Å². The number of hydrogen-bond donors (Lipinski definition) is 1. The Morgan fingerprint density at radius 2 is 1.80 bits per heavy atom. The first-order chi connectivity index (χ1) is 11.9. The summed E-state index contributed by atoms with van der Waals surface area (Å²) >= 11 is 0. The molecule has 1 aliphatic carbocycles. The molecule has 1 aromatic carbocycles. The van der Waals surface area contributed by atoms with Crippen LogP contribution in [0, 0.1) is 5.92 Å². The van der Waals surface area contributed by atoms with Gasteiger partial charge >= 0.3 is 6.18 Å². The molecular weight excluding hydrogens is 335 g/mol. The lowest BCUT2D eigenvalue weighted by molar-refractivity contribution is -0.174. The standard InChI is InChI=1S/C18H24F3NO3/c19-18(20,21)13-24-11-10-17(23)22-15-6-8-16(9-7-15)25-12-14-4-2-1-3-5-14/h6-9,14H,1-5,10-13H2,(H,22,23). The molecule has 1 aromatic rings. The average molecular weight is 359 g/mol. The smallest absolute Gasteiger partial charge is 0.411 e. The van der Waals surface area contributed by atoms with Gasteiger partial charge in [0.25, 0.3) is 0 Å². The molecule has 0 atom stereocenters. The van der Waals surface area contributed by atoms with E-state index in [-0.39, 0.29) is 13.0 Å². The summed E-state index contributed by atoms with van der Waals surface area (Å²) in [6, 6.07) is 6.98. The molecule has 0 radical (unpaired) electrons. The van der Waals surface area contributed by atoms with E-state index >= 15 is 0 Å². The van der Waals surface area contributed by atoms with Crippen molar-refractivity contribution in [2.24, 2.45) is 5.92 Å². The van der Waals surface area contributed by atoms with Gasteiger partial charge in [0.1, 0.15) is 12.4 Å². The summed E-state index contributed by atoms with van der Waals surface area (Å²) in [5.41, 5.74) is 0.575. The van der Waals surface area contributed by atoms with Crippen LogP contribution < -0.4 is 10.1 Å². The van der Waals surface area contributed by atoms with E-state index in [2.05, 4.69) is 10.1 Å². The minimum Gasteiger partial charge on any atom is -0.493 e. The molecule has 0 saturated heterocycles. The molecule has 1 N–H and O–H groups in total. The fraction of sp³-hybridized carbons (Fsp3) is 0.611. The number of amides is 1. The number of carbonyl (C=O) groups is 1. The van der Waals surface area contributed by atoms with E-state index in [1.165, 1.54) is 32.1 Å². The first kappa shape index (κ1) is 19.6. The molecule has 4 nitrogen and oxygen atoms in total. The van der Waals surface area contributed by atoms with E-state index in [0.717, 1.165) is 5.75 Å². The lowest BCUT2D eigenvalue weighted by Gasteiger charge is -2.21. The van der Waals surface area contributed by atoms with Crippen molar-refractivity contribution >= 4 is 11.6 Å². The van der Waals surface area contributed by atoms with Crippen molar-refractivity contribution in [3.05, 3.63) is 24.3 Å². The maximum absolute atomic E-state index is 11.9. The minimum atomic E-state index is -4.37. The van der Waals surface area contributed by atoms with Crippen molar-refractivity contribution in [2.75, 3.05) is 25.1 Å². The second-order valence-corrected chi connectivity index (χ2v) is 6.31. The molecule has 1 aliphatic rings. The number of rotatable bonds is 8. The highest BCUT2D eigenvalue weighted by molar-refractivity contribution is 5.90. The van der Waals surface area contributed by atoms with Crippen LogP contribution in [0.15, 0.2) is 24.3 Å². The highest BCUT2D eigenvalue weighted by Gasteiger charge is 2.27. The van der Waals surface area contributed by atoms with Crippen LogP contribution in [0.25, 0.3) is 0 Å². The first-order valence-electron chi connectivity index (χ1n) is 8.59. The van der Waals surface area contributed by atoms with Gasteiger partial charge in [-0.25, -0.2) is 0 Å². The Bertz CT molecular complexity index is 525. The predicted octanol–water partition coefficient (Wildman–Crippen LogP) is 4.55. The van der Waals surface area contributed by atoms with Crippen LogP contribution >= 0.6 is 0 Å². The van der Waals surface area contributed by atoms with Gasteiger partial charge in [0.15, 0.2) is 0 Å². The Morgan fingerprint density at radius 1 is 1.12 bits per heavy atom. The van der Waals surface area contributed by atoms with Gasteiger partial charge in [0.2, 0.25) is 5.91 Å². The second kappa shape index (κ2) is 9.65. The van der Waals surface area contributed by atoms with E-state index in [1.54, 1.807) is 24.3 Å². The van der Waals surface area contributed by atoms with Gasteiger partial charge in [-0.15, -0.1) is 0 Å². The SMILES string of the molecule is O=C(CCOCC(F)(F)F)Nc1ccc(OCC2CCCCC2)cc1. The van der Waals surface area contributed by atoms with Crippen LogP contribution in [0.5, 0.6) is 5.75 Å². The lowest BCUT2D eigenvalue weighted by Crippen LogP contribution is -2.20. The number of benzene rings is 1. The highest BCUT2D eigenvalue weighted by atomic mass is 19.4. The van der Waals surface area contributed by atoms with Gasteiger partial charge < -0.3 is 14.8 Å². The lowest BCUT2D eigenvalue weighted by atomic mass is 9.90. The molecule has 0 bridgehead atoms. The van der Waals surface area contributed by atoms with E-state index < -0.39 is 18.7 Å². The van der Waals surface area contributed by atoms with Crippen molar-refractivity contribution in [2.45, 2.75) is 44.7 Å². The van der Waals surface area contributed by atoms with Gasteiger partial charge in [-0.05, 0) is 43.0 Å². The average Bonchev–Trinajstić information content (AvgIpc) is 2.58. The number of anilines is 1. The normalized spacial score (nSPS) is 15.8. The third kappa shape index (κ3) is 8.25. The molecule has 0 heterocycles. The molecule has 25 heavy (non-hydrogen) atoms. The van der Waals surface area contributed by atoms with Gasteiger partial charge in [0, 0.05) is 5.69 Å². The summed E-state index contributed by atoms with van der Waals surface area (Å²) in [5, 5.41) is 2.62. The summed E-state index contributed by atoms with van der Waals surface area (Å²) in [5.74, 6) is 0.972. The third-order valence-corrected chi connectivity index (χ3v) is 4.09. The van der Waals surface area contributed by atoms with Gasteiger partial charge in [-0.3, -0.25) is 4.79 Å². The van der Waals surface area contributed by atoms with Gasteiger partial charge in [-0.2, -0.15) is 13.2 Å². The number of hydrogen-bond acceptors (Lipinski definition) is 3. The number of alkyl halides is 3. The molecule has 140 valence electrons. The molecule has 1 saturated carbocycles. The molecule has 0 aliphatic heterocycles. The van der Waals surface area contributed by atoms with Crippen LogP contribution in [-0.4, -0.2) is 31.9 Å². The van der Waals surface area contributed by atoms with Crippen LogP contribution in [-0.2, 0) is 9.53 Å². The van der Waals surface area contributed by atoms with Crippen molar-refractivity contribution in [3.63, 3.8) is 0 Å². The minimum absolute atomic E-state index is 0.129. The monoisotopic (exact) mass is 359 g/mol. The summed E-state index contributed by atoms with van der Waals surface area (Å²) in [6.07, 6.45) is 1.78. The maximum atomic E-state index is 11.9. The number of carbonyl (C=O) groups excluding carboxylic acids is 1. The molecule has 7 heteroatoms. The largest absolute Gasteiger partial charge is 0.493 e. The molecule has 0 spiro atoms. The van der Waals surface area contributed by atoms with Crippen LogP contribution in [0.2, 0.25) is 0 Å². The summed E-state index contributed by atoms with van der Waals surface area (Å²) in [7, 11) is 0. The van der Waals surface area contributed by atoms with Crippen molar-refractivity contribution in [1.29, 1.82) is 0 Å². The number of nitrogens with one attached hydrogen (secondary N) is 1. The zero-order chi connectivity index (χ0) is 18.1. The Kier molecular flexibility index (Phi) is 7.55. The van der Waals surface area contributed by atoms with Crippen molar-refractivity contribution in [3.8, 4) is 5.75 Å². The topological polar surface area (TPSA) is 47.6 Å². The van der Waals surface area contributed by atoms with Crippen LogP contribution in [0.4, 0.5) is 18.9 Å². The molecule has 0 unspecified atom stereocenters. The summed E-state index contributed by atoms with van der Waals surface area (Å²) in [6.45, 7) is -0.899. The molecule has 0 aromatic heterocycles. The van der Waals surface area contributed by atoms with Crippen LogP contribution in [0.1, 0.15) is 38.5 Å². The predicted molar refractivity (Wildman–Crippen MR) is 88.6 cm³/mol. The second-order valence-electron chi connectivity index (χ2n) is 6.31. The van der Waals surface area contributed by atoms with Gasteiger partial charge in [-0.1, -0.05) is 19.3 Å². The zero-order valence-electron chi connectivity index (χ0n) is 14.1. The Labute approximate surface area is 145 Å². The fourth-order valence-corrected chi connectivity index (χ4v) is 2.78.